The van der Waals surface area contributed by atoms with E-state index in [4.69, 9.17) is 8.94 Å². The Morgan fingerprint density at radius 1 is 1.39 bits per heavy atom. The lowest BCUT2D eigenvalue weighted by atomic mass is 10.4. The largest absolute Gasteiger partial charge is 0.459 e. The number of nitrogens with zero attached hydrogens (tertiary/aromatic N) is 4. The molecule has 0 fully saturated rings. The van der Waals surface area contributed by atoms with Gasteiger partial charge in [-0.3, -0.25) is 0 Å². The second kappa shape index (κ2) is 4.48. The Balaban J connectivity index is 1.82. The van der Waals surface area contributed by atoms with Crippen LogP contribution in [-0.4, -0.2) is 19.7 Å². The minimum Gasteiger partial charge on any atom is -0.459 e. The van der Waals surface area contributed by atoms with E-state index in [0.29, 0.717) is 24.0 Å². The Labute approximate surface area is 103 Å². The zero-order valence-corrected chi connectivity index (χ0v) is 9.91. The third kappa shape index (κ3) is 1.92. The fourth-order valence-corrected chi connectivity index (χ4v) is 1.77. The summed E-state index contributed by atoms with van der Waals surface area (Å²) in [4.78, 5) is 8.53. The van der Waals surface area contributed by atoms with Gasteiger partial charge in [-0.05, 0) is 12.1 Å². The zero-order chi connectivity index (χ0) is 12.4. The van der Waals surface area contributed by atoms with Gasteiger partial charge in [0, 0.05) is 18.8 Å². The van der Waals surface area contributed by atoms with Crippen molar-refractivity contribution in [1.82, 2.24) is 19.7 Å². The zero-order valence-electron chi connectivity index (χ0n) is 9.91. The summed E-state index contributed by atoms with van der Waals surface area (Å²) in [5.41, 5.74) is 0. The van der Waals surface area contributed by atoms with Crippen molar-refractivity contribution in [2.24, 2.45) is 0 Å². The van der Waals surface area contributed by atoms with Crippen LogP contribution in [0.2, 0.25) is 0 Å². The van der Waals surface area contributed by atoms with E-state index in [1.54, 1.807) is 24.6 Å². The summed E-state index contributed by atoms with van der Waals surface area (Å²) in [5.74, 6) is 2.58. The number of aryl methyl sites for hydroxylation is 1. The fraction of sp³-hybridized carbons (Fsp3) is 0.250. The third-order valence-corrected chi connectivity index (χ3v) is 2.63. The van der Waals surface area contributed by atoms with Crippen LogP contribution < -0.4 is 0 Å². The highest BCUT2D eigenvalue weighted by molar-refractivity contribution is 5.42. The highest BCUT2D eigenvalue weighted by Gasteiger charge is 2.12. The van der Waals surface area contributed by atoms with E-state index in [0.717, 1.165) is 12.2 Å². The summed E-state index contributed by atoms with van der Waals surface area (Å²) in [6.45, 7) is 2.61. The van der Waals surface area contributed by atoms with Crippen LogP contribution in [0.25, 0.3) is 11.7 Å². The average molecular weight is 244 g/mol. The molecule has 0 N–H and O–H groups in total. The molecule has 0 amide bonds. The van der Waals surface area contributed by atoms with Crippen LogP contribution >= 0.6 is 0 Å². The van der Waals surface area contributed by atoms with Gasteiger partial charge < -0.3 is 13.5 Å². The van der Waals surface area contributed by atoms with Crippen molar-refractivity contribution in [3.63, 3.8) is 0 Å². The lowest BCUT2D eigenvalue weighted by molar-refractivity contribution is 0.407. The van der Waals surface area contributed by atoms with Crippen LogP contribution in [0, 0.1) is 0 Å². The maximum atomic E-state index is 5.20. The third-order valence-electron chi connectivity index (χ3n) is 2.63. The summed E-state index contributed by atoms with van der Waals surface area (Å²) in [6.07, 6.45) is 6.12. The number of hydrogen-bond acceptors (Lipinski definition) is 5. The monoisotopic (exact) mass is 244 g/mol. The molecule has 0 aliphatic carbocycles. The molecule has 0 aliphatic rings. The van der Waals surface area contributed by atoms with E-state index >= 15 is 0 Å². The minimum atomic E-state index is 0.396. The van der Waals surface area contributed by atoms with Crippen LogP contribution in [-0.2, 0) is 13.0 Å². The first-order valence-electron chi connectivity index (χ1n) is 5.73. The number of hydrogen-bond donors (Lipinski definition) is 0. The van der Waals surface area contributed by atoms with Gasteiger partial charge in [-0.1, -0.05) is 12.1 Å². The Kier molecular flexibility index (Phi) is 2.68. The molecular formula is C12H12N4O2. The maximum absolute atomic E-state index is 5.20. The second-order valence-electron chi connectivity index (χ2n) is 3.82. The molecule has 6 nitrogen and oxygen atoms in total. The standard InChI is InChI=1S/C12H12N4O2/c1-2-11-13-5-6-16(11)8-10-14-12(18-15-10)9-4-3-7-17-9/h3-7H,2,8H2,1H3. The van der Waals surface area contributed by atoms with E-state index in [9.17, 15) is 0 Å². The van der Waals surface area contributed by atoms with Crippen molar-refractivity contribution in [3.8, 4) is 11.7 Å². The van der Waals surface area contributed by atoms with E-state index < -0.39 is 0 Å². The van der Waals surface area contributed by atoms with Crippen LogP contribution in [0.5, 0.6) is 0 Å². The Bertz CT molecular complexity index is 624. The number of aromatic nitrogens is 4. The van der Waals surface area contributed by atoms with Gasteiger partial charge in [0.1, 0.15) is 5.82 Å². The molecule has 0 unspecified atom stereocenters. The van der Waals surface area contributed by atoms with Crippen LogP contribution in [0.15, 0.2) is 39.7 Å². The summed E-state index contributed by atoms with van der Waals surface area (Å²) in [6, 6.07) is 3.57. The van der Waals surface area contributed by atoms with Gasteiger partial charge in [-0.15, -0.1) is 0 Å². The lowest BCUT2D eigenvalue weighted by Gasteiger charge is -2.01. The van der Waals surface area contributed by atoms with Gasteiger partial charge in [0.25, 0.3) is 5.89 Å². The summed E-state index contributed by atoms with van der Waals surface area (Å²) in [5, 5.41) is 3.93. The summed E-state index contributed by atoms with van der Waals surface area (Å²) in [7, 11) is 0. The quantitative estimate of drug-likeness (QED) is 0.703. The smallest absolute Gasteiger partial charge is 0.293 e. The summed E-state index contributed by atoms with van der Waals surface area (Å²) < 4.78 is 12.3. The normalized spacial score (nSPS) is 10.9. The molecule has 0 saturated carbocycles. The number of rotatable bonds is 4. The second-order valence-corrected chi connectivity index (χ2v) is 3.82. The van der Waals surface area contributed by atoms with Gasteiger partial charge >= 0.3 is 0 Å². The van der Waals surface area contributed by atoms with Gasteiger partial charge in [-0.2, -0.15) is 4.98 Å². The van der Waals surface area contributed by atoms with Gasteiger partial charge in [0.05, 0.1) is 12.8 Å². The first kappa shape index (κ1) is 10.8. The average Bonchev–Trinajstić information content (AvgIpc) is 3.10. The number of imidazole rings is 1. The Hall–Kier alpha value is -2.37. The molecule has 3 aromatic rings. The van der Waals surface area contributed by atoms with E-state index in [1.807, 2.05) is 10.8 Å². The Morgan fingerprint density at radius 2 is 2.33 bits per heavy atom. The van der Waals surface area contributed by atoms with Crippen molar-refractivity contribution in [2.75, 3.05) is 0 Å². The minimum absolute atomic E-state index is 0.396. The topological polar surface area (TPSA) is 69.9 Å². The molecule has 18 heavy (non-hydrogen) atoms. The van der Waals surface area contributed by atoms with Crippen molar-refractivity contribution in [2.45, 2.75) is 19.9 Å². The molecule has 0 spiro atoms. The van der Waals surface area contributed by atoms with E-state index in [1.165, 1.54) is 0 Å². The lowest BCUT2D eigenvalue weighted by Crippen LogP contribution is -2.04. The molecule has 0 radical (unpaired) electrons. The van der Waals surface area contributed by atoms with E-state index in [2.05, 4.69) is 22.0 Å². The molecule has 92 valence electrons. The molecule has 3 rings (SSSR count). The molecule has 0 saturated heterocycles. The summed E-state index contributed by atoms with van der Waals surface area (Å²) >= 11 is 0. The van der Waals surface area contributed by atoms with Gasteiger partial charge in [0.15, 0.2) is 11.6 Å². The van der Waals surface area contributed by atoms with Crippen LogP contribution in [0.1, 0.15) is 18.6 Å². The van der Waals surface area contributed by atoms with Crippen LogP contribution in [0.4, 0.5) is 0 Å². The molecule has 0 atom stereocenters. The molecular weight excluding hydrogens is 232 g/mol. The molecule has 3 aromatic heterocycles. The molecule has 0 aromatic carbocycles. The number of furan rings is 1. The Morgan fingerprint density at radius 3 is 3.11 bits per heavy atom. The molecule has 0 aliphatic heterocycles. The van der Waals surface area contributed by atoms with Crippen molar-refractivity contribution in [3.05, 3.63) is 42.4 Å². The predicted molar refractivity (Wildman–Crippen MR) is 62.7 cm³/mol. The van der Waals surface area contributed by atoms with E-state index in [-0.39, 0.29) is 0 Å². The first-order valence-corrected chi connectivity index (χ1v) is 5.73. The molecule has 0 bridgehead atoms. The van der Waals surface area contributed by atoms with Crippen molar-refractivity contribution >= 4 is 0 Å². The van der Waals surface area contributed by atoms with Gasteiger partial charge in [0.2, 0.25) is 0 Å². The van der Waals surface area contributed by atoms with Gasteiger partial charge in [-0.25, -0.2) is 4.98 Å². The molecule has 6 heteroatoms. The highest BCUT2D eigenvalue weighted by atomic mass is 16.5. The molecule has 3 heterocycles. The first-order chi connectivity index (χ1) is 8.86. The fourth-order valence-electron chi connectivity index (χ4n) is 1.77. The highest BCUT2D eigenvalue weighted by Crippen LogP contribution is 2.17. The van der Waals surface area contributed by atoms with Crippen molar-refractivity contribution < 1.29 is 8.94 Å². The SMILES string of the molecule is CCc1nccn1Cc1noc(-c2ccco2)n1. The predicted octanol–water partition coefficient (Wildman–Crippen LogP) is 2.14. The van der Waals surface area contributed by atoms with Crippen molar-refractivity contribution in [1.29, 1.82) is 0 Å². The van der Waals surface area contributed by atoms with Crippen LogP contribution in [0.3, 0.4) is 0 Å². The maximum Gasteiger partial charge on any atom is 0.293 e.